The van der Waals surface area contributed by atoms with Gasteiger partial charge in [-0.1, -0.05) is 13.8 Å². The first-order valence-corrected chi connectivity index (χ1v) is 7.45. The molecular formula is C14H30N4O. The third kappa shape index (κ3) is 5.89. The topological polar surface area (TPSA) is 47.6 Å². The van der Waals surface area contributed by atoms with E-state index in [0.717, 1.165) is 39.0 Å². The first kappa shape index (κ1) is 16.4. The first-order valence-electron chi connectivity index (χ1n) is 7.45. The summed E-state index contributed by atoms with van der Waals surface area (Å²) in [6.07, 6.45) is 2.00. The van der Waals surface area contributed by atoms with E-state index in [1.54, 1.807) is 0 Å². The molecule has 1 fully saturated rings. The summed E-state index contributed by atoms with van der Waals surface area (Å²) in [6.45, 7) is 8.80. The van der Waals surface area contributed by atoms with Crippen molar-refractivity contribution in [1.82, 2.24) is 20.4 Å². The average Bonchev–Trinajstić information content (AvgIpc) is 2.40. The molecule has 5 heteroatoms. The standard InChI is InChI=1S/C14H30N4O/c1-5-12(6-2)16-14(19)10-15-9-13-11-17(3)7-8-18(13)4/h12-13,15H,5-11H2,1-4H3,(H,16,19). The molecule has 0 spiro atoms. The molecule has 1 rings (SSSR count). The van der Waals surface area contributed by atoms with Gasteiger partial charge in [0.1, 0.15) is 0 Å². The van der Waals surface area contributed by atoms with Gasteiger partial charge in [0.15, 0.2) is 0 Å². The minimum Gasteiger partial charge on any atom is -0.352 e. The van der Waals surface area contributed by atoms with Gasteiger partial charge < -0.3 is 15.5 Å². The maximum atomic E-state index is 11.8. The zero-order valence-corrected chi connectivity index (χ0v) is 12.9. The van der Waals surface area contributed by atoms with Gasteiger partial charge in [-0.15, -0.1) is 0 Å². The van der Waals surface area contributed by atoms with E-state index < -0.39 is 0 Å². The van der Waals surface area contributed by atoms with E-state index in [1.165, 1.54) is 0 Å². The van der Waals surface area contributed by atoms with Crippen LogP contribution in [0.4, 0.5) is 0 Å². The van der Waals surface area contributed by atoms with Gasteiger partial charge in [-0.3, -0.25) is 9.69 Å². The van der Waals surface area contributed by atoms with E-state index >= 15 is 0 Å². The SMILES string of the molecule is CCC(CC)NC(=O)CNCC1CN(C)CCN1C. The number of nitrogens with zero attached hydrogens (tertiary/aromatic N) is 2. The zero-order valence-electron chi connectivity index (χ0n) is 12.9. The Morgan fingerprint density at radius 2 is 1.95 bits per heavy atom. The number of hydrogen-bond acceptors (Lipinski definition) is 4. The van der Waals surface area contributed by atoms with E-state index in [-0.39, 0.29) is 5.91 Å². The molecular weight excluding hydrogens is 240 g/mol. The molecule has 1 unspecified atom stereocenters. The van der Waals surface area contributed by atoms with Crippen LogP contribution < -0.4 is 10.6 Å². The highest BCUT2D eigenvalue weighted by molar-refractivity contribution is 5.78. The van der Waals surface area contributed by atoms with Crippen LogP contribution in [-0.2, 0) is 4.79 Å². The number of amides is 1. The van der Waals surface area contributed by atoms with Crippen molar-refractivity contribution in [2.75, 3.05) is 46.8 Å². The summed E-state index contributed by atoms with van der Waals surface area (Å²) in [5.74, 6) is 0.112. The molecule has 0 aromatic carbocycles. The second-order valence-electron chi connectivity index (χ2n) is 5.61. The Bertz CT molecular complexity index is 268. The van der Waals surface area contributed by atoms with Gasteiger partial charge in [-0.2, -0.15) is 0 Å². The third-order valence-electron chi connectivity index (χ3n) is 4.00. The summed E-state index contributed by atoms with van der Waals surface area (Å²) in [7, 11) is 4.31. The van der Waals surface area contributed by atoms with Crippen molar-refractivity contribution in [3.8, 4) is 0 Å². The van der Waals surface area contributed by atoms with Crippen molar-refractivity contribution in [2.45, 2.75) is 38.8 Å². The van der Waals surface area contributed by atoms with Crippen LogP contribution in [0.3, 0.4) is 0 Å². The summed E-state index contributed by atoms with van der Waals surface area (Å²) in [4.78, 5) is 16.5. The summed E-state index contributed by atoms with van der Waals surface area (Å²) < 4.78 is 0. The van der Waals surface area contributed by atoms with Crippen molar-refractivity contribution in [1.29, 1.82) is 0 Å². The van der Waals surface area contributed by atoms with Crippen LogP contribution in [0.1, 0.15) is 26.7 Å². The number of nitrogens with one attached hydrogen (secondary N) is 2. The largest absolute Gasteiger partial charge is 0.352 e. The molecule has 1 saturated heterocycles. The Labute approximate surface area is 117 Å². The van der Waals surface area contributed by atoms with Crippen LogP contribution >= 0.6 is 0 Å². The second-order valence-corrected chi connectivity index (χ2v) is 5.61. The van der Waals surface area contributed by atoms with Gasteiger partial charge in [-0.05, 0) is 26.9 Å². The van der Waals surface area contributed by atoms with Crippen LogP contribution in [0.2, 0.25) is 0 Å². The van der Waals surface area contributed by atoms with Gasteiger partial charge in [0.25, 0.3) is 0 Å². The summed E-state index contributed by atoms with van der Waals surface area (Å²) in [5, 5.41) is 6.33. The summed E-state index contributed by atoms with van der Waals surface area (Å²) >= 11 is 0. The van der Waals surface area contributed by atoms with Crippen LogP contribution in [0.15, 0.2) is 0 Å². The van der Waals surface area contributed by atoms with Crippen LogP contribution in [0.25, 0.3) is 0 Å². The predicted molar refractivity (Wildman–Crippen MR) is 79.3 cm³/mol. The Balaban J connectivity index is 2.20. The van der Waals surface area contributed by atoms with Crippen molar-refractivity contribution >= 4 is 5.91 Å². The highest BCUT2D eigenvalue weighted by Crippen LogP contribution is 2.04. The molecule has 5 nitrogen and oxygen atoms in total. The molecule has 0 saturated carbocycles. The zero-order chi connectivity index (χ0) is 14.3. The van der Waals surface area contributed by atoms with Crippen LogP contribution in [-0.4, -0.2) is 74.6 Å². The van der Waals surface area contributed by atoms with E-state index in [9.17, 15) is 4.79 Å². The highest BCUT2D eigenvalue weighted by Gasteiger charge is 2.21. The van der Waals surface area contributed by atoms with Crippen LogP contribution in [0, 0.1) is 0 Å². The van der Waals surface area contributed by atoms with Crippen molar-refractivity contribution in [2.24, 2.45) is 0 Å². The van der Waals surface area contributed by atoms with E-state index in [4.69, 9.17) is 0 Å². The molecule has 0 aromatic rings. The maximum absolute atomic E-state index is 11.8. The number of likely N-dealkylation sites (N-methyl/N-ethyl adjacent to an activating group) is 2. The monoisotopic (exact) mass is 270 g/mol. The fourth-order valence-corrected chi connectivity index (χ4v) is 2.45. The Kier molecular flexibility index (Phi) is 7.34. The third-order valence-corrected chi connectivity index (χ3v) is 4.00. The van der Waals surface area contributed by atoms with Crippen molar-refractivity contribution < 1.29 is 4.79 Å². The maximum Gasteiger partial charge on any atom is 0.234 e. The van der Waals surface area contributed by atoms with Crippen LogP contribution in [0.5, 0.6) is 0 Å². The number of carbonyl (C=O) groups excluding carboxylic acids is 1. The molecule has 1 atom stereocenters. The lowest BCUT2D eigenvalue weighted by Gasteiger charge is -2.37. The molecule has 0 aromatic heterocycles. The lowest BCUT2D eigenvalue weighted by molar-refractivity contribution is -0.121. The van der Waals surface area contributed by atoms with Gasteiger partial charge in [-0.25, -0.2) is 0 Å². The second kappa shape index (κ2) is 8.51. The smallest absolute Gasteiger partial charge is 0.234 e. The Hall–Kier alpha value is -0.650. The minimum absolute atomic E-state index is 0.112. The quantitative estimate of drug-likeness (QED) is 0.690. The lowest BCUT2D eigenvalue weighted by Crippen LogP contribution is -2.54. The lowest BCUT2D eigenvalue weighted by atomic mass is 10.1. The molecule has 1 heterocycles. The predicted octanol–water partition coefficient (Wildman–Crippen LogP) is 0.127. The highest BCUT2D eigenvalue weighted by atomic mass is 16.1. The number of hydrogen-bond donors (Lipinski definition) is 2. The number of piperazine rings is 1. The average molecular weight is 270 g/mol. The van der Waals surface area contributed by atoms with Crippen molar-refractivity contribution in [3.05, 3.63) is 0 Å². The van der Waals surface area contributed by atoms with E-state index in [2.05, 4.69) is 48.4 Å². The molecule has 0 aliphatic carbocycles. The molecule has 0 radical (unpaired) electrons. The number of carbonyl (C=O) groups is 1. The Morgan fingerprint density at radius 1 is 1.26 bits per heavy atom. The first-order chi connectivity index (χ1) is 9.06. The Morgan fingerprint density at radius 3 is 2.58 bits per heavy atom. The van der Waals surface area contributed by atoms with E-state index in [1.807, 2.05) is 0 Å². The molecule has 1 amide bonds. The summed E-state index contributed by atoms with van der Waals surface area (Å²) in [5.41, 5.74) is 0. The fraction of sp³-hybridized carbons (Fsp3) is 0.929. The van der Waals surface area contributed by atoms with E-state index in [0.29, 0.717) is 18.6 Å². The van der Waals surface area contributed by atoms with Gasteiger partial charge >= 0.3 is 0 Å². The van der Waals surface area contributed by atoms with Crippen molar-refractivity contribution in [3.63, 3.8) is 0 Å². The molecule has 19 heavy (non-hydrogen) atoms. The molecule has 1 aliphatic heterocycles. The molecule has 1 aliphatic rings. The molecule has 0 bridgehead atoms. The molecule has 112 valence electrons. The fourth-order valence-electron chi connectivity index (χ4n) is 2.45. The van der Waals surface area contributed by atoms with Gasteiger partial charge in [0.05, 0.1) is 6.54 Å². The summed E-state index contributed by atoms with van der Waals surface area (Å²) in [6, 6.07) is 0.817. The normalized spacial score (nSPS) is 21.8. The number of rotatable bonds is 7. The van der Waals surface area contributed by atoms with Gasteiger partial charge in [0.2, 0.25) is 5.91 Å². The van der Waals surface area contributed by atoms with Gasteiger partial charge in [0, 0.05) is 38.3 Å². The molecule has 2 N–H and O–H groups in total. The minimum atomic E-state index is 0.112.